The van der Waals surface area contributed by atoms with Gasteiger partial charge in [-0.1, -0.05) is 27.2 Å². The molecule has 2 N–H and O–H groups in total. The van der Waals surface area contributed by atoms with Gasteiger partial charge in [-0.3, -0.25) is 0 Å². The fourth-order valence-electron chi connectivity index (χ4n) is 2.20. The Morgan fingerprint density at radius 2 is 2.12 bits per heavy atom. The van der Waals surface area contributed by atoms with Crippen LogP contribution < -0.4 is 10.6 Å². The predicted molar refractivity (Wildman–Crippen MR) is 71.8 cm³/mol. The lowest BCUT2D eigenvalue weighted by molar-refractivity contribution is 0.321. The molecule has 1 aliphatic heterocycles. The Labute approximate surface area is 102 Å². The maximum absolute atomic E-state index is 3.61. The fraction of sp³-hybridized carbons (Fsp3) is 1.00. The van der Waals surface area contributed by atoms with Crippen LogP contribution >= 0.6 is 0 Å². The summed E-state index contributed by atoms with van der Waals surface area (Å²) in [6, 6.07) is 0.801. The molecular weight excluding hydrogens is 196 g/mol. The lowest BCUT2D eigenvalue weighted by Crippen LogP contribution is -2.35. The van der Waals surface area contributed by atoms with Crippen molar-refractivity contribution < 1.29 is 0 Å². The highest BCUT2D eigenvalue weighted by Crippen LogP contribution is 2.17. The molecule has 0 aromatic rings. The molecule has 1 atom stereocenters. The van der Waals surface area contributed by atoms with E-state index >= 15 is 0 Å². The molecule has 1 heterocycles. The fourth-order valence-corrected chi connectivity index (χ4v) is 2.20. The highest BCUT2D eigenvalue weighted by Gasteiger charge is 2.14. The van der Waals surface area contributed by atoms with Gasteiger partial charge >= 0.3 is 0 Å². The predicted octanol–water partition coefficient (Wildman–Crippen LogP) is 2.93. The summed E-state index contributed by atoms with van der Waals surface area (Å²) in [5.74, 6) is 0. The Bertz CT molecular complexity index is 172. The molecule has 2 nitrogen and oxygen atoms in total. The van der Waals surface area contributed by atoms with Crippen molar-refractivity contribution >= 4 is 0 Å². The second kappa shape index (κ2) is 7.29. The molecule has 0 aromatic carbocycles. The molecule has 0 radical (unpaired) electrons. The van der Waals surface area contributed by atoms with Crippen LogP contribution in [-0.2, 0) is 0 Å². The van der Waals surface area contributed by atoms with Gasteiger partial charge in [-0.2, -0.15) is 0 Å². The summed E-state index contributed by atoms with van der Waals surface area (Å²) in [6.45, 7) is 10.5. The third-order valence-electron chi connectivity index (χ3n) is 3.88. The van der Waals surface area contributed by atoms with E-state index in [9.17, 15) is 0 Å². The number of hydrogen-bond acceptors (Lipinski definition) is 2. The Morgan fingerprint density at radius 3 is 2.75 bits per heavy atom. The molecule has 1 saturated heterocycles. The van der Waals surface area contributed by atoms with E-state index in [0.29, 0.717) is 5.41 Å². The summed E-state index contributed by atoms with van der Waals surface area (Å²) in [5.41, 5.74) is 0.461. The molecule has 0 aliphatic carbocycles. The summed E-state index contributed by atoms with van der Waals surface area (Å²) in [6.07, 6.45) is 8.11. The second-order valence-corrected chi connectivity index (χ2v) is 5.98. The van der Waals surface area contributed by atoms with E-state index in [1.54, 1.807) is 0 Å². The second-order valence-electron chi connectivity index (χ2n) is 5.98. The van der Waals surface area contributed by atoms with Crippen molar-refractivity contribution in [2.75, 3.05) is 19.6 Å². The van der Waals surface area contributed by atoms with Crippen molar-refractivity contribution in [3.63, 3.8) is 0 Å². The maximum atomic E-state index is 3.61. The van der Waals surface area contributed by atoms with Gasteiger partial charge in [0, 0.05) is 12.6 Å². The molecule has 1 unspecified atom stereocenters. The molecule has 1 aliphatic rings. The lowest BCUT2D eigenvalue weighted by atomic mass is 9.90. The molecular formula is C14H30N2. The normalized spacial score (nSPS) is 22.3. The summed E-state index contributed by atoms with van der Waals surface area (Å²) in [5, 5.41) is 7.20. The largest absolute Gasteiger partial charge is 0.316 e. The molecule has 1 fully saturated rings. The Morgan fingerprint density at radius 1 is 1.31 bits per heavy atom. The van der Waals surface area contributed by atoms with Gasteiger partial charge in [0.05, 0.1) is 0 Å². The average molecular weight is 226 g/mol. The monoisotopic (exact) mass is 226 g/mol. The number of hydrogen-bond donors (Lipinski definition) is 2. The molecule has 2 heteroatoms. The number of rotatable bonds is 7. The third-order valence-corrected chi connectivity index (χ3v) is 3.88. The van der Waals surface area contributed by atoms with Crippen LogP contribution in [0.1, 0.15) is 59.3 Å². The molecule has 0 amide bonds. The summed E-state index contributed by atoms with van der Waals surface area (Å²) in [4.78, 5) is 0. The van der Waals surface area contributed by atoms with Gasteiger partial charge in [0.15, 0.2) is 0 Å². The van der Waals surface area contributed by atoms with Crippen molar-refractivity contribution in [2.24, 2.45) is 5.41 Å². The van der Waals surface area contributed by atoms with Crippen LogP contribution in [0.3, 0.4) is 0 Å². The van der Waals surface area contributed by atoms with E-state index in [0.717, 1.165) is 12.6 Å². The first-order valence-electron chi connectivity index (χ1n) is 7.08. The molecule has 1 rings (SSSR count). The van der Waals surface area contributed by atoms with Crippen molar-refractivity contribution in [1.29, 1.82) is 0 Å². The van der Waals surface area contributed by atoms with E-state index in [1.807, 2.05) is 0 Å². The first-order valence-corrected chi connectivity index (χ1v) is 7.08. The van der Waals surface area contributed by atoms with E-state index in [4.69, 9.17) is 0 Å². The summed E-state index contributed by atoms with van der Waals surface area (Å²) >= 11 is 0. The van der Waals surface area contributed by atoms with Crippen molar-refractivity contribution in [3.05, 3.63) is 0 Å². The Kier molecular flexibility index (Phi) is 6.37. The van der Waals surface area contributed by atoms with Gasteiger partial charge in [-0.15, -0.1) is 0 Å². The van der Waals surface area contributed by atoms with Gasteiger partial charge in [0.2, 0.25) is 0 Å². The van der Waals surface area contributed by atoms with Crippen LogP contribution in [-0.4, -0.2) is 25.7 Å². The quantitative estimate of drug-likeness (QED) is 0.652. The van der Waals surface area contributed by atoms with E-state index < -0.39 is 0 Å². The van der Waals surface area contributed by atoms with Crippen LogP contribution in [0.5, 0.6) is 0 Å². The zero-order valence-corrected chi connectivity index (χ0v) is 11.4. The van der Waals surface area contributed by atoms with Crippen LogP contribution in [0.15, 0.2) is 0 Å². The average Bonchev–Trinajstić information content (AvgIpc) is 2.30. The third kappa shape index (κ3) is 5.86. The highest BCUT2D eigenvalue weighted by atomic mass is 14.9. The standard InChI is InChI=1S/C14H30N2/c1-4-14(2,3)12-15-10-7-9-13-8-5-6-11-16-13/h13,15-16H,4-12H2,1-3H3. The lowest BCUT2D eigenvalue weighted by Gasteiger charge is -2.25. The van der Waals surface area contributed by atoms with Gasteiger partial charge in [-0.05, 0) is 50.6 Å². The van der Waals surface area contributed by atoms with Crippen molar-refractivity contribution in [3.8, 4) is 0 Å². The van der Waals surface area contributed by atoms with Gasteiger partial charge < -0.3 is 10.6 Å². The molecule has 0 saturated carbocycles. The van der Waals surface area contributed by atoms with Gasteiger partial charge in [0.25, 0.3) is 0 Å². The zero-order chi connectivity index (χ0) is 11.9. The molecule has 0 aromatic heterocycles. The van der Waals surface area contributed by atoms with Crippen LogP contribution in [0.25, 0.3) is 0 Å². The van der Waals surface area contributed by atoms with Crippen LogP contribution in [0.4, 0.5) is 0 Å². The van der Waals surface area contributed by atoms with Crippen LogP contribution in [0, 0.1) is 5.41 Å². The maximum Gasteiger partial charge on any atom is 0.00675 e. The molecule has 0 bridgehead atoms. The minimum Gasteiger partial charge on any atom is -0.316 e. The van der Waals surface area contributed by atoms with Crippen molar-refractivity contribution in [2.45, 2.75) is 65.3 Å². The first kappa shape index (κ1) is 14.0. The van der Waals surface area contributed by atoms with Crippen molar-refractivity contribution in [1.82, 2.24) is 10.6 Å². The van der Waals surface area contributed by atoms with E-state index in [1.165, 1.54) is 51.6 Å². The highest BCUT2D eigenvalue weighted by molar-refractivity contribution is 4.73. The van der Waals surface area contributed by atoms with Gasteiger partial charge in [0.1, 0.15) is 0 Å². The topological polar surface area (TPSA) is 24.1 Å². The number of nitrogens with one attached hydrogen (secondary N) is 2. The van der Waals surface area contributed by atoms with Gasteiger partial charge in [-0.25, -0.2) is 0 Å². The smallest absolute Gasteiger partial charge is 0.00675 e. The van der Waals surface area contributed by atoms with E-state index in [2.05, 4.69) is 31.4 Å². The summed E-state index contributed by atoms with van der Waals surface area (Å²) < 4.78 is 0. The SMILES string of the molecule is CCC(C)(C)CNCCCC1CCCCN1. The summed E-state index contributed by atoms with van der Waals surface area (Å²) in [7, 11) is 0. The minimum absolute atomic E-state index is 0.461. The Hall–Kier alpha value is -0.0800. The first-order chi connectivity index (χ1) is 7.64. The number of piperidine rings is 1. The molecule has 96 valence electrons. The Balaban J connectivity index is 1.95. The van der Waals surface area contributed by atoms with Crippen LogP contribution in [0.2, 0.25) is 0 Å². The zero-order valence-electron chi connectivity index (χ0n) is 11.4. The molecule has 0 spiro atoms. The molecule has 16 heavy (non-hydrogen) atoms. The van der Waals surface area contributed by atoms with E-state index in [-0.39, 0.29) is 0 Å². The minimum atomic E-state index is 0.461.